The number of hydrogen-bond donors (Lipinski definition) is 0. The predicted octanol–water partition coefficient (Wildman–Crippen LogP) is 3.30. The van der Waals surface area contributed by atoms with Gasteiger partial charge in [-0.25, -0.2) is 0 Å². The van der Waals surface area contributed by atoms with Gasteiger partial charge in [-0.3, -0.25) is 0 Å². The summed E-state index contributed by atoms with van der Waals surface area (Å²) in [5.41, 5.74) is -0.557. The molecule has 0 aliphatic carbocycles. The minimum atomic E-state index is -4.41. The molecule has 0 fully saturated rings. The van der Waals surface area contributed by atoms with Crippen LogP contribution in [0, 0.1) is 11.8 Å². The number of rotatable bonds is 1. The largest absolute Gasteiger partial charge is 0.497 e. The molecule has 1 nitrogen and oxygen atoms in total. The summed E-state index contributed by atoms with van der Waals surface area (Å²) in [4.78, 5) is 0. The maximum atomic E-state index is 12.5. The van der Waals surface area contributed by atoms with Crippen LogP contribution in [0.5, 0.6) is 5.75 Å². The first-order valence-electron chi connectivity index (χ1n) is 4.28. The molecule has 0 aliphatic heterocycles. The van der Waals surface area contributed by atoms with Crippen molar-refractivity contribution >= 4 is 11.6 Å². The Hall–Kier alpha value is -1.34. The minimum absolute atomic E-state index is 0.0680. The normalized spacial score (nSPS) is 10.6. The molecule has 0 N–H and O–H groups in total. The molecule has 0 amide bonds. The molecular formula is C11H8ClF3O. The van der Waals surface area contributed by atoms with Crippen LogP contribution in [0.4, 0.5) is 13.2 Å². The van der Waals surface area contributed by atoms with E-state index in [1.807, 2.05) is 0 Å². The topological polar surface area (TPSA) is 9.23 Å². The van der Waals surface area contributed by atoms with Gasteiger partial charge in [0.05, 0.1) is 18.6 Å². The standard InChI is InChI=1S/C11H8ClF3O/c1-16-10-6-8(3-2-4-12)5-9(7-10)11(13,14)15/h5-7H,4H2,1H3. The Morgan fingerprint density at radius 1 is 1.31 bits per heavy atom. The van der Waals surface area contributed by atoms with Crippen LogP contribution in [-0.4, -0.2) is 13.0 Å². The van der Waals surface area contributed by atoms with Crippen LogP contribution < -0.4 is 4.74 Å². The zero-order valence-corrected chi connectivity index (χ0v) is 9.12. The lowest BCUT2D eigenvalue weighted by Gasteiger charge is -2.09. The molecule has 0 bridgehead atoms. The van der Waals surface area contributed by atoms with Gasteiger partial charge >= 0.3 is 6.18 Å². The Bertz CT molecular complexity index is 429. The number of benzene rings is 1. The molecule has 1 aromatic rings. The lowest BCUT2D eigenvalue weighted by atomic mass is 10.1. The highest BCUT2D eigenvalue weighted by atomic mass is 35.5. The SMILES string of the molecule is COc1cc(C#CCCl)cc(C(F)(F)F)c1. The van der Waals surface area contributed by atoms with Crippen molar-refractivity contribution in [3.63, 3.8) is 0 Å². The first-order valence-corrected chi connectivity index (χ1v) is 4.82. The molecule has 0 aliphatic rings. The monoisotopic (exact) mass is 248 g/mol. The zero-order chi connectivity index (χ0) is 12.2. The number of hydrogen-bond acceptors (Lipinski definition) is 1. The first-order chi connectivity index (χ1) is 7.47. The fourth-order valence-electron chi connectivity index (χ4n) is 1.09. The van der Waals surface area contributed by atoms with Crippen molar-refractivity contribution in [3.8, 4) is 17.6 Å². The average molecular weight is 249 g/mol. The molecule has 0 heterocycles. The maximum Gasteiger partial charge on any atom is 0.416 e. The molecule has 0 saturated heterocycles. The Morgan fingerprint density at radius 3 is 2.50 bits per heavy atom. The van der Waals surface area contributed by atoms with Gasteiger partial charge in [0.2, 0.25) is 0 Å². The minimum Gasteiger partial charge on any atom is -0.497 e. The molecule has 0 atom stereocenters. The van der Waals surface area contributed by atoms with Crippen molar-refractivity contribution in [1.82, 2.24) is 0 Å². The number of methoxy groups -OCH3 is 1. The van der Waals surface area contributed by atoms with Gasteiger partial charge in [0.15, 0.2) is 0 Å². The van der Waals surface area contributed by atoms with Crippen LogP contribution in [0.15, 0.2) is 18.2 Å². The van der Waals surface area contributed by atoms with Crippen LogP contribution in [0.3, 0.4) is 0 Å². The Kier molecular flexibility index (Phi) is 4.08. The lowest BCUT2D eigenvalue weighted by molar-refractivity contribution is -0.137. The summed E-state index contributed by atoms with van der Waals surface area (Å²) < 4.78 is 42.2. The van der Waals surface area contributed by atoms with Gasteiger partial charge in [-0.2, -0.15) is 13.2 Å². The van der Waals surface area contributed by atoms with E-state index in [1.165, 1.54) is 13.2 Å². The van der Waals surface area contributed by atoms with E-state index in [9.17, 15) is 13.2 Å². The Balaban J connectivity index is 3.21. The highest BCUT2D eigenvalue weighted by Crippen LogP contribution is 2.32. The van der Waals surface area contributed by atoms with E-state index >= 15 is 0 Å². The van der Waals surface area contributed by atoms with Gasteiger partial charge in [-0.15, -0.1) is 11.6 Å². The van der Waals surface area contributed by atoms with E-state index in [4.69, 9.17) is 16.3 Å². The molecule has 16 heavy (non-hydrogen) atoms. The fraction of sp³-hybridized carbons (Fsp3) is 0.273. The van der Waals surface area contributed by atoms with E-state index in [-0.39, 0.29) is 17.2 Å². The third-order valence-corrected chi connectivity index (χ3v) is 1.90. The van der Waals surface area contributed by atoms with Crippen LogP contribution in [-0.2, 0) is 6.18 Å². The van der Waals surface area contributed by atoms with Crippen molar-refractivity contribution in [3.05, 3.63) is 29.3 Å². The molecule has 86 valence electrons. The van der Waals surface area contributed by atoms with Gasteiger partial charge in [0.1, 0.15) is 5.75 Å². The Morgan fingerprint density at radius 2 is 2.00 bits per heavy atom. The maximum absolute atomic E-state index is 12.5. The molecule has 0 radical (unpaired) electrons. The second-order valence-corrected chi connectivity index (χ2v) is 3.15. The summed E-state index contributed by atoms with van der Waals surface area (Å²) in [5, 5.41) is 0. The predicted molar refractivity (Wildman–Crippen MR) is 55.6 cm³/mol. The molecule has 5 heteroatoms. The van der Waals surface area contributed by atoms with Gasteiger partial charge in [0, 0.05) is 5.56 Å². The highest BCUT2D eigenvalue weighted by molar-refractivity contribution is 6.19. The van der Waals surface area contributed by atoms with Gasteiger partial charge < -0.3 is 4.74 Å². The van der Waals surface area contributed by atoms with Crippen molar-refractivity contribution in [1.29, 1.82) is 0 Å². The lowest BCUT2D eigenvalue weighted by Crippen LogP contribution is -2.05. The quantitative estimate of drug-likeness (QED) is 0.547. The average Bonchev–Trinajstić information content (AvgIpc) is 2.24. The molecule has 0 unspecified atom stereocenters. The van der Waals surface area contributed by atoms with Crippen molar-refractivity contribution in [2.75, 3.05) is 13.0 Å². The smallest absolute Gasteiger partial charge is 0.416 e. The number of alkyl halides is 4. The molecular weight excluding hydrogens is 241 g/mol. The third kappa shape index (κ3) is 3.35. The summed E-state index contributed by atoms with van der Waals surface area (Å²) in [6.45, 7) is 0. The summed E-state index contributed by atoms with van der Waals surface area (Å²) >= 11 is 5.33. The third-order valence-electron chi connectivity index (χ3n) is 1.77. The van der Waals surface area contributed by atoms with E-state index in [0.717, 1.165) is 12.1 Å². The summed E-state index contributed by atoms with van der Waals surface area (Å²) in [6, 6.07) is 3.31. The second kappa shape index (κ2) is 5.13. The van der Waals surface area contributed by atoms with Crippen LogP contribution in [0.1, 0.15) is 11.1 Å². The summed E-state index contributed by atoms with van der Waals surface area (Å²) in [7, 11) is 1.30. The molecule has 1 aromatic carbocycles. The fourth-order valence-corrected chi connectivity index (χ4v) is 1.16. The van der Waals surface area contributed by atoms with E-state index in [2.05, 4.69) is 11.8 Å². The number of ether oxygens (including phenoxy) is 1. The molecule has 0 saturated carbocycles. The molecule has 0 spiro atoms. The van der Waals surface area contributed by atoms with Crippen LogP contribution in [0.25, 0.3) is 0 Å². The summed E-state index contributed by atoms with van der Waals surface area (Å²) in [5.74, 6) is 5.19. The first kappa shape index (κ1) is 12.7. The van der Waals surface area contributed by atoms with Gasteiger partial charge in [-0.05, 0) is 18.2 Å². The van der Waals surface area contributed by atoms with Crippen molar-refractivity contribution in [2.24, 2.45) is 0 Å². The second-order valence-electron chi connectivity index (χ2n) is 2.88. The molecule has 1 rings (SSSR count). The molecule has 0 aromatic heterocycles. The van der Waals surface area contributed by atoms with Crippen molar-refractivity contribution in [2.45, 2.75) is 6.18 Å². The Labute approximate surface area is 96.2 Å². The van der Waals surface area contributed by atoms with Crippen molar-refractivity contribution < 1.29 is 17.9 Å². The van der Waals surface area contributed by atoms with E-state index in [0.29, 0.717) is 0 Å². The highest BCUT2D eigenvalue weighted by Gasteiger charge is 2.31. The van der Waals surface area contributed by atoms with Crippen LogP contribution >= 0.6 is 11.6 Å². The van der Waals surface area contributed by atoms with E-state index < -0.39 is 11.7 Å². The number of halogens is 4. The van der Waals surface area contributed by atoms with Crippen LogP contribution in [0.2, 0.25) is 0 Å². The zero-order valence-electron chi connectivity index (χ0n) is 8.36. The van der Waals surface area contributed by atoms with Gasteiger partial charge in [0.25, 0.3) is 0 Å². The summed E-state index contributed by atoms with van der Waals surface area (Å²) in [6.07, 6.45) is -4.41. The van der Waals surface area contributed by atoms with E-state index in [1.54, 1.807) is 0 Å². The van der Waals surface area contributed by atoms with Gasteiger partial charge in [-0.1, -0.05) is 11.8 Å².